The molecule has 140 valence electrons. The number of benzene rings is 1. The maximum atomic E-state index is 13.1. The molecule has 1 unspecified atom stereocenters. The maximum Gasteiger partial charge on any atom is 0.226 e. The Morgan fingerprint density at radius 2 is 1.81 bits per heavy atom. The van der Waals surface area contributed by atoms with Crippen LogP contribution in [0.4, 0.5) is 5.82 Å². The Bertz CT molecular complexity index is 839. The number of aromatic nitrogens is 1. The van der Waals surface area contributed by atoms with Crippen molar-refractivity contribution in [3.8, 4) is 0 Å². The summed E-state index contributed by atoms with van der Waals surface area (Å²) in [6, 6.07) is 13.0. The van der Waals surface area contributed by atoms with Gasteiger partial charge in [0.2, 0.25) is 5.91 Å². The smallest absolute Gasteiger partial charge is 0.226 e. The van der Waals surface area contributed by atoms with Gasteiger partial charge in [-0.05, 0) is 67.3 Å². The van der Waals surface area contributed by atoms with E-state index in [2.05, 4.69) is 51.2 Å². The highest BCUT2D eigenvalue weighted by molar-refractivity contribution is 5.82. The third-order valence-corrected chi connectivity index (χ3v) is 6.23. The van der Waals surface area contributed by atoms with Crippen LogP contribution in [-0.2, 0) is 11.2 Å². The molecule has 0 N–H and O–H groups in total. The summed E-state index contributed by atoms with van der Waals surface area (Å²) in [4.78, 5) is 22.3. The van der Waals surface area contributed by atoms with E-state index < -0.39 is 0 Å². The molecule has 27 heavy (non-hydrogen) atoms. The molecule has 4 nitrogen and oxygen atoms in total. The summed E-state index contributed by atoms with van der Waals surface area (Å²) in [5, 5.41) is 0. The van der Waals surface area contributed by atoms with Gasteiger partial charge in [0.1, 0.15) is 5.82 Å². The minimum absolute atomic E-state index is 0.0150. The van der Waals surface area contributed by atoms with Crippen LogP contribution >= 0.6 is 0 Å². The van der Waals surface area contributed by atoms with Gasteiger partial charge >= 0.3 is 0 Å². The summed E-state index contributed by atoms with van der Waals surface area (Å²) in [7, 11) is 0. The van der Waals surface area contributed by atoms with Gasteiger partial charge < -0.3 is 9.80 Å². The van der Waals surface area contributed by atoms with Crippen LogP contribution in [0.3, 0.4) is 0 Å². The van der Waals surface area contributed by atoms with Crippen molar-refractivity contribution in [3.63, 3.8) is 0 Å². The highest BCUT2D eigenvalue weighted by Gasteiger charge is 2.38. The Kier molecular flexibility index (Phi) is 4.35. The van der Waals surface area contributed by atoms with Gasteiger partial charge in [0, 0.05) is 31.7 Å². The second kappa shape index (κ2) is 6.99. The van der Waals surface area contributed by atoms with Crippen molar-refractivity contribution in [2.24, 2.45) is 5.92 Å². The van der Waals surface area contributed by atoms with Gasteiger partial charge in [-0.25, -0.2) is 4.98 Å². The molecule has 1 saturated carbocycles. The van der Waals surface area contributed by atoms with E-state index in [1.165, 1.54) is 29.5 Å². The molecule has 2 fully saturated rings. The number of carbonyl (C=O) groups is 1. The summed E-state index contributed by atoms with van der Waals surface area (Å²) >= 11 is 0. The molecule has 1 atom stereocenters. The average molecular weight is 361 g/mol. The van der Waals surface area contributed by atoms with Crippen molar-refractivity contribution in [2.75, 3.05) is 24.5 Å². The molecule has 5 rings (SSSR count). The Morgan fingerprint density at radius 1 is 1.00 bits per heavy atom. The van der Waals surface area contributed by atoms with Crippen molar-refractivity contribution in [1.29, 1.82) is 0 Å². The Labute approximate surface area is 161 Å². The molecule has 1 aliphatic carbocycles. The second-order valence-electron chi connectivity index (χ2n) is 8.15. The molecule has 1 saturated heterocycles. The van der Waals surface area contributed by atoms with Crippen LogP contribution in [0, 0.1) is 5.92 Å². The molecule has 0 spiro atoms. The lowest BCUT2D eigenvalue weighted by molar-refractivity contribution is -0.134. The molecule has 0 radical (unpaired) electrons. The molecule has 3 aliphatic rings. The summed E-state index contributed by atoms with van der Waals surface area (Å²) in [5.41, 5.74) is 3.88. The van der Waals surface area contributed by atoms with Gasteiger partial charge in [-0.15, -0.1) is 0 Å². The average Bonchev–Trinajstić information content (AvgIpc) is 3.45. The molecule has 4 heteroatoms. The van der Waals surface area contributed by atoms with Crippen LogP contribution in [0.1, 0.15) is 54.8 Å². The SMILES string of the molecule is O=C(C1CC1)N1CCCc2ccccc2C1c1ccnc(N2CCCC2)c1. The van der Waals surface area contributed by atoms with Gasteiger partial charge in [0.05, 0.1) is 6.04 Å². The van der Waals surface area contributed by atoms with Gasteiger partial charge in [0.15, 0.2) is 0 Å². The van der Waals surface area contributed by atoms with E-state index in [0.717, 1.165) is 51.1 Å². The zero-order chi connectivity index (χ0) is 18.2. The lowest BCUT2D eigenvalue weighted by atomic mass is 9.93. The van der Waals surface area contributed by atoms with Crippen LogP contribution in [0.2, 0.25) is 0 Å². The van der Waals surface area contributed by atoms with Gasteiger partial charge in [0.25, 0.3) is 0 Å². The highest BCUT2D eigenvalue weighted by atomic mass is 16.2. The number of rotatable bonds is 3. The van der Waals surface area contributed by atoms with Crippen molar-refractivity contribution in [2.45, 2.75) is 44.6 Å². The number of fused-ring (bicyclic) bond motifs is 1. The monoisotopic (exact) mass is 361 g/mol. The fraction of sp³-hybridized carbons (Fsp3) is 0.478. The van der Waals surface area contributed by atoms with Crippen LogP contribution < -0.4 is 4.90 Å². The van der Waals surface area contributed by atoms with Gasteiger partial charge in [-0.3, -0.25) is 4.79 Å². The zero-order valence-corrected chi connectivity index (χ0v) is 15.8. The minimum Gasteiger partial charge on any atom is -0.357 e. The topological polar surface area (TPSA) is 36.4 Å². The molecule has 3 heterocycles. The maximum absolute atomic E-state index is 13.1. The van der Waals surface area contributed by atoms with E-state index in [1.807, 2.05) is 6.20 Å². The predicted octanol–water partition coefficient (Wildman–Crippen LogP) is 3.96. The van der Waals surface area contributed by atoms with Crippen LogP contribution in [0.15, 0.2) is 42.6 Å². The fourth-order valence-electron chi connectivity index (χ4n) is 4.65. The first-order chi connectivity index (χ1) is 13.3. The lowest BCUT2D eigenvalue weighted by Gasteiger charge is -2.32. The van der Waals surface area contributed by atoms with Gasteiger partial charge in [-0.2, -0.15) is 0 Å². The molecule has 2 aliphatic heterocycles. The number of hydrogen-bond acceptors (Lipinski definition) is 3. The van der Waals surface area contributed by atoms with Crippen molar-refractivity contribution in [3.05, 3.63) is 59.3 Å². The summed E-state index contributed by atoms with van der Waals surface area (Å²) < 4.78 is 0. The number of hydrogen-bond donors (Lipinski definition) is 0. The Hall–Kier alpha value is -2.36. The van der Waals surface area contributed by atoms with E-state index in [1.54, 1.807) is 0 Å². The normalized spacial score (nSPS) is 22.4. The molecular weight excluding hydrogens is 334 g/mol. The van der Waals surface area contributed by atoms with E-state index >= 15 is 0 Å². The standard InChI is InChI=1S/C23H27N3O/c27-23(18-9-10-18)26-15-5-7-17-6-1-2-8-20(17)22(26)19-11-12-24-21(16-19)25-13-3-4-14-25/h1-2,6,8,11-12,16,18,22H,3-5,7,9-10,13-15H2. The number of amides is 1. The van der Waals surface area contributed by atoms with Gasteiger partial charge in [-0.1, -0.05) is 24.3 Å². The second-order valence-corrected chi connectivity index (χ2v) is 8.15. The Balaban J connectivity index is 1.58. The minimum atomic E-state index is 0.0150. The number of nitrogens with zero attached hydrogens (tertiary/aromatic N) is 3. The molecule has 1 amide bonds. The lowest BCUT2D eigenvalue weighted by Crippen LogP contribution is -2.36. The first-order valence-electron chi connectivity index (χ1n) is 10.4. The zero-order valence-electron chi connectivity index (χ0n) is 15.8. The number of anilines is 1. The van der Waals surface area contributed by atoms with Crippen LogP contribution in [0.5, 0.6) is 0 Å². The van der Waals surface area contributed by atoms with E-state index in [4.69, 9.17) is 0 Å². The third kappa shape index (κ3) is 3.22. The number of aryl methyl sites for hydroxylation is 1. The van der Waals surface area contributed by atoms with E-state index in [-0.39, 0.29) is 12.0 Å². The van der Waals surface area contributed by atoms with Crippen LogP contribution in [0.25, 0.3) is 0 Å². The van der Waals surface area contributed by atoms with E-state index in [9.17, 15) is 4.79 Å². The first kappa shape index (κ1) is 16.8. The van der Waals surface area contributed by atoms with Crippen LogP contribution in [-0.4, -0.2) is 35.4 Å². The molecule has 0 bridgehead atoms. The summed E-state index contributed by atoms with van der Waals surface area (Å²) in [5.74, 6) is 1.65. The predicted molar refractivity (Wildman–Crippen MR) is 107 cm³/mol. The highest BCUT2D eigenvalue weighted by Crippen LogP contribution is 2.40. The first-order valence-corrected chi connectivity index (χ1v) is 10.4. The molecule has 1 aromatic carbocycles. The largest absolute Gasteiger partial charge is 0.357 e. The molecular formula is C23H27N3O. The number of pyridine rings is 1. The van der Waals surface area contributed by atoms with E-state index in [0.29, 0.717) is 5.91 Å². The summed E-state index contributed by atoms with van der Waals surface area (Å²) in [6.45, 7) is 3.01. The Morgan fingerprint density at radius 3 is 2.63 bits per heavy atom. The third-order valence-electron chi connectivity index (χ3n) is 6.23. The molecule has 1 aromatic heterocycles. The van der Waals surface area contributed by atoms with Crippen molar-refractivity contribution < 1.29 is 4.79 Å². The van der Waals surface area contributed by atoms with Crippen molar-refractivity contribution in [1.82, 2.24) is 9.88 Å². The molecule has 2 aromatic rings. The quantitative estimate of drug-likeness (QED) is 0.830. The fourth-order valence-corrected chi connectivity index (χ4v) is 4.65. The number of carbonyl (C=O) groups excluding carboxylic acids is 1. The van der Waals surface area contributed by atoms with Crippen molar-refractivity contribution >= 4 is 11.7 Å². The summed E-state index contributed by atoms with van der Waals surface area (Å²) in [6.07, 6.45) is 8.60.